The Labute approximate surface area is 157 Å². The lowest BCUT2D eigenvalue weighted by Gasteiger charge is -2.20. The van der Waals surface area contributed by atoms with Crippen molar-refractivity contribution < 1.29 is 13.2 Å². The van der Waals surface area contributed by atoms with Crippen molar-refractivity contribution in [2.45, 2.75) is 31.2 Å². The highest BCUT2D eigenvalue weighted by Crippen LogP contribution is 2.30. The average molecular weight is 377 g/mol. The lowest BCUT2D eigenvalue weighted by Crippen LogP contribution is -2.26. The molecule has 0 amide bonds. The first-order valence-electron chi connectivity index (χ1n) is 8.57. The van der Waals surface area contributed by atoms with E-state index in [2.05, 4.69) is 0 Å². The third-order valence-corrected chi connectivity index (χ3v) is 6.19. The first kappa shape index (κ1) is 20.3. The third kappa shape index (κ3) is 4.37. The molecule has 0 aliphatic carbocycles. The molecule has 26 heavy (non-hydrogen) atoms. The largest absolute Gasteiger partial charge is 0.496 e. The smallest absolute Gasteiger partial charge is 0.243 e. The zero-order valence-corrected chi connectivity index (χ0v) is 17.2. The SMILES string of the molecule is COc1ccc(S(=O)(=O)N(C)Cc2ccc(N(C)C)cc2)cc1C(C)C. The van der Waals surface area contributed by atoms with E-state index < -0.39 is 10.0 Å². The van der Waals surface area contributed by atoms with Gasteiger partial charge in [-0.15, -0.1) is 0 Å². The zero-order valence-electron chi connectivity index (χ0n) is 16.4. The second-order valence-electron chi connectivity index (χ2n) is 6.88. The van der Waals surface area contributed by atoms with Gasteiger partial charge in [0.1, 0.15) is 5.75 Å². The Balaban J connectivity index is 2.27. The maximum Gasteiger partial charge on any atom is 0.243 e. The van der Waals surface area contributed by atoms with Crippen molar-refractivity contribution in [1.29, 1.82) is 0 Å². The molecule has 2 aromatic rings. The zero-order chi connectivity index (χ0) is 19.5. The van der Waals surface area contributed by atoms with Gasteiger partial charge < -0.3 is 9.64 Å². The predicted octanol–water partition coefficient (Wildman–Crippen LogP) is 3.71. The maximum atomic E-state index is 13.0. The van der Waals surface area contributed by atoms with Crippen LogP contribution in [0.1, 0.15) is 30.9 Å². The van der Waals surface area contributed by atoms with Crippen LogP contribution < -0.4 is 9.64 Å². The molecule has 5 nitrogen and oxygen atoms in total. The molecule has 0 unspecified atom stereocenters. The quantitative estimate of drug-likeness (QED) is 0.739. The molecule has 0 spiro atoms. The molecule has 0 atom stereocenters. The minimum absolute atomic E-state index is 0.170. The summed E-state index contributed by atoms with van der Waals surface area (Å²) >= 11 is 0. The summed E-state index contributed by atoms with van der Waals surface area (Å²) in [5.41, 5.74) is 2.91. The molecule has 0 saturated carbocycles. The molecule has 0 aliphatic rings. The van der Waals surface area contributed by atoms with Crippen LogP contribution in [-0.2, 0) is 16.6 Å². The van der Waals surface area contributed by atoms with Gasteiger partial charge in [0.2, 0.25) is 10.0 Å². The number of nitrogens with zero attached hydrogens (tertiary/aromatic N) is 2. The lowest BCUT2D eigenvalue weighted by atomic mass is 10.0. The molecular formula is C20H28N2O3S. The Morgan fingerprint density at radius 3 is 2.12 bits per heavy atom. The van der Waals surface area contributed by atoms with Crippen molar-refractivity contribution >= 4 is 15.7 Å². The van der Waals surface area contributed by atoms with Gasteiger partial charge in [-0.1, -0.05) is 26.0 Å². The molecule has 0 saturated heterocycles. The predicted molar refractivity (Wildman–Crippen MR) is 107 cm³/mol. The van der Waals surface area contributed by atoms with E-state index in [4.69, 9.17) is 4.74 Å². The van der Waals surface area contributed by atoms with E-state index in [1.165, 1.54) is 4.31 Å². The van der Waals surface area contributed by atoms with Crippen molar-refractivity contribution in [1.82, 2.24) is 4.31 Å². The van der Waals surface area contributed by atoms with Gasteiger partial charge in [0.25, 0.3) is 0 Å². The van der Waals surface area contributed by atoms with Crippen molar-refractivity contribution in [3.63, 3.8) is 0 Å². The number of methoxy groups -OCH3 is 1. The molecule has 0 N–H and O–H groups in total. The van der Waals surface area contributed by atoms with Crippen molar-refractivity contribution in [2.75, 3.05) is 33.2 Å². The van der Waals surface area contributed by atoms with Crippen LogP contribution in [0, 0.1) is 0 Å². The van der Waals surface area contributed by atoms with Crippen LogP contribution >= 0.6 is 0 Å². The first-order valence-corrected chi connectivity index (χ1v) is 10.0. The number of hydrogen-bond donors (Lipinski definition) is 0. The maximum absolute atomic E-state index is 13.0. The Morgan fingerprint density at radius 1 is 1.00 bits per heavy atom. The monoisotopic (exact) mass is 376 g/mol. The molecule has 0 aromatic heterocycles. The Bertz CT molecular complexity index is 844. The summed E-state index contributed by atoms with van der Waals surface area (Å²) in [7, 11) is 3.57. The molecule has 6 heteroatoms. The van der Waals surface area contributed by atoms with E-state index in [0.717, 1.165) is 16.8 Å². The molecule has 0 bridgehead atoms. The molecule has 0 heterocycles. The fourth-order valence-corrected chi connectivity index (χ4v) is 3.94. The second kappa shape index (κ2) is 8.10. The van der Waals surface area contributed by atoms with Crippen LogP contribution in [0.15, 0.2) is 47.4 Å². The van der Waals surface area contributed by atoms with Crippen LogP contribution in [0.5, 0.6) is 5.75 Å². The van der Waals surface area contributed by atoms with Crippen molar-refractivity contribution in [3.8, 4) is 5.75 Å². The summed E-state index contributed by atoms with van der Waals surface area (Å²) in [6, 6.07) is 12.9. The van der Waals surface area contributed by atoms with Gasteiger partial charge in [-0.3, -0.25) is 0 Å². The fraction of sp³-hybridized carbons (Fsp3) is 0.400. The molecule has 2 aromatic carbocycles. The van der Waals surface area contributed by atoms with Gasteiger partial charge in [-0.2, -0.15) is 4.31 Å². The summed E-state index contributed by atoms with van der Waals surface area (Å²) < 4.78 is 32.7. The number of ether oxygens (including phenoxy) is 1. The van der Waals surface area contributed by atoms with Gasteiger partial charge in [0.15, 0.2) is 0 Å². The summed E-state index contributed by atoms with van der Waals surface area (Å²) in [6.07, 6.45) is 0. The van der Waals surface area contributed by atoms with E-state index in [0.29, 0.717) is 12.3 Å². The van der Waals surface area contributed by atoms with Crippen molar-refractivity contribution in [3.05, 3.63) is 53.6 Å². The number of anilines is 1. The Morgan fingerprint density at radius 2 is 1.62 bits per heavy atom. The standard InChI is InChI=1S/C20H28N2O3S/c1-15(2)19-13-18(11-12-20(19)25-6)26(23,24)22(5)14-16-7-9-17(10-8-16)21(3)4/h7-13,15H,14H2,1-6H3. The highest BCUT2D eigenvalue weighted by Gasteiger charge is 2.23. The van der Waals surface area contributed by atoms with Gasteiger partial charge in [0.05, 0.1) is 12.0 Å². The Kier molecular flexibility index (Phi) is 6.31. The molecule has 0 radical (unpaired) electrons. The molecule has 142 valence electrons. The minimum atomic E-state index is -3.58. The number of hydrogen-bond acceptors (Lipinski definition) is 4. The van der Waals surface area contributed by atoms with E-state index in [1.807, 2.05) is 57.1 Å². The molecule has 0 fully saturated rings. The summed E-state index contributed by atoms with van der Waals surface area (Å²) in [6.45, 7) is 4.35. The number of benzene rings is 2. The summed E-state index contributed by atoms with van der Waals surface area (Å²) in [5, 5.41) is 0. The van der Waals surface area contributed by atoms with E-state index in [-0.39, 0.29) is 10.8 Å². The van der Waals surface area contributed by atoms with E-state index >= 15 is 0 Å². The van der Waals surface area contributed by atoms with Crippen LogP contribution in [0.25, 0.3) is 0 Å². The van der Waals surface area contributed by atoms with Crippen LogP contribution in [-0.4, -0.2) is 41.0 Å². The van der Waals surface area contributed by atoms with Crippen LogP contribution in [0.3, 0.4) is 0 Å². The average Bonchev–Trinajstić information content (AvgIpc) is 2.61. The highest BCUT2D eigenvalue weighted by molar-refractivity contribution is 7.89. The third-order valence-electron chi connectivity index (χ3n) is 4.39. The normalized spacial score (nSPS) is 11.8. The van der Waals surface area contributed by atoms with Gasteiger partial charge >= 0.3 is 0 Å². The first-order chi connectivity index (χ1) is 12.2. The molecule has 0 aliphatic heterocycles. The van der Waals surface area contributed by atoms with E-state index in [1.54, 1.807) is 32.4 Å². The minimum Gasteiger partial charge on any atom is -0.496 e. The highest BCUT2D eigenvalue weighted by atomic mass is 32.2. The van der Waals surface area contributed by atoms with Gasteiger partial charge in [-0.25, -0.2) is 8.42 Å². The number of rotatable bonds is 7. The molecule has 2 rings (SSSR count). The van der Waals surface area contributed by atoms with E-state index in [9.17, 15) is 8.42 Å². The fourth-order valence-electron chi connectivity index (χ4n) is 2.75. The summed E-state index contributed by atoms with van der Waals surface area (Å²) in [5.74, 6) is 0.880. The Hall–Kier alpha value is -2.05. The van der Waals surface area contributed by atoms with Crippen LogP contribution in [0.2, 0.25) is 0 Å². The van der Waals surface area contributed by atoms with Gasteiger partial charge in [-0.05, 0) is 47.4 Å². The summed E-state index contributed by atoms with van der Waals surface area (Å²) in [4.78, 5) is 2.30. The van der Waals surface area contributed by atoms with Crippen LogP contribution in [0.4, 0.5) is 5.69 Å². The van der Waals surface area contributed by atoms with Gasteiger partial charge in [0, 0.05) is 33.4 Å². The second-order valence-corrected chi connectivity index (χ2v) is 8.93. The molecular weight excluding hydrogens is 348 g/mol. The topological polar surface area (TPSA) is 49.9 Å². The lowest BCUT2D eigenvalue weighted by molar-refractivity contribution is 0.407. The number of sulfonamides is 1. The van der Waals surface area contributed by atoms with Crippen molar-refractivity contribution in [2.24, 2.45) is 0 Å².